The van der Waals surface area contributed by atoms with E-state index in [2.05, 4.69) is 33.7 Å². The fourth-order valence-electron chi connectivity index (χ4n) is 3.82. The van der Waals surface area contributed by atoms with Crippen LogP contribution in [0, 0.1) is 0 Å². The summed E-state index contributed by atoms with van der Waals surface area (Å²) in [6.07, 6.45) is 8.84. The molecule has 0 spiro atoms. The van der Waals surface area contributed by atoms with E-state index in [0.717, 1.165) is 38.9 Å². The highest BCUT2D eigenvalue weighted by atomic mass is 16.2. The molecule has 2 aliphatic rings. The van der Waals surface area contributed by atoms with Gasteiger partial charge in [-0.2, -0.15) is 5.10 Å². The average Bonchev–Trinajstić information content (AvgIpc) is 3.09. The first-order valence-corrected chi connectivity index (χ1v) is 8.55. The van der Waals surface area contributed by atoms with Gasteiger partial charge in [-0.3, -0.25) is 9.69 Å². The summed E-state index contributed by atoms with van der Waals surface area (Å²) < 4.78 is 1.90. The molecule has 0 saturated carbocycles. The van der Waals surface area contributed by atoms with E-state index in [1.54, 1.807) is 12.7 Å². The smallest absolute Gasteiger partial charge is 0.240 e. The van der Waals surface area contributed by atoms with Crippen molar-refractivity contribution in [2.75, 3.05) is 19.6 Å². The predicted molar refractivity (Wildman–Crippen MR) is 84.4 cm³/mol. The summed E-state index contributed by atoms with van der Waals surface area (Å²) in [7, 11) is 0. The van der Waals surface area contributed by atoms with Gasteiger partial charge in [-0.25, -0.2) is 9.67 Å². The van der Waals surface area contributed by atoms with Crippen LogP contribution in [-0.4, -0.2) is 62.2 Å². The first-order chi connectivity index (χ1) is 10.7. The Labute approximate surface area is 132 Å². The number of aromatic nitrogens is 3. The number of piperidine rings is 2. The lowest BCUT2D eigenvalue weighted by Crippen LogP contribution is -2.55. The number of likely N-dealkylation sites (tertiary alicyclic amines) is 2. The van der Waals surface area contributed by atoms with Gasteiger partial charge in [-0.1, -0.05) is 6.42 Å². The Balaban J connectivity index is 1.68. The maximum Gasteiger partial charge on any atom is 0.240 e. The molecule has 2 aliphatic heterocycles. The lowest BCUT2D eigenvalue weighted by atomic mass is 9.97. The summed E-state index contributed by atoms with van der Waals surface area (Å²) in [6, 6.07) is 0.782. The van der Waals surface area contributed by atoms with E-state index in [-0.39, 0.29) is 12.1 Å². The highest BCUT2D eigenvalue weighted by Crippen LogP contribution is 2.25. The SMILES string of the molecule is CC(C)N1CCCC[C@@H]1C(=O)N1CCC[C@@H](n2cncn2)C1. The number of carbonyl (C=O) groups is 1. The Morgan fingerprint density at radius 3 is 2.77 bits per heavy atom. The van der Waals surface area contributed by atoms with Crippen molar-refractivity contribution in [3.63, 3.8) is 0 Å². The molecule has 2 saturated heterocycles. The molecular weight excluding hydrogens is 278 g/mol. The maximum absolute atomic E-state index is 13.0. The van der Waals surface area contributed by atoms with Crippen molar-refractivity contribution in [1.82, 2.24) is 24.6 Å². The van der Waals surface area contributed by atoms with Crippen molar-refractivity contribution in [2.24, 2.45) is 0 Å². The molecule has 2 fully saturated rings. The van der Waals surface area contributed by atoms with Gasteiger partial charge in [0.15, 0.2) is 0 Å². The van der Waals surface area contributed by atoms with Crippen LogP contribution in [0.25, 0.3) is 0 Å². The predicted octanol–water partition coefficient (Wildman–Crippen LogP) is 1.70. The zero-order valence-electron chi connectivity index (χ0n) is 13.7. The van der Waals surface area contributed by atoms with E-state index in [1.165, 1.54) is 12.8 Å². The summed E-state index contributed by atoms with van der Waals surface area (Å²) in [6.45, 7) is 7.09. The van der Waals surface area contributed by atoms with Gasteiger partial charge >= 0.3 is 0 Å². The third kappa shape index (κ3) is 3.16. The number of carbonyl (C=O) groups excluding carboxylic acids is 1. The number of hydrogen-bond donors (Lipinski definition) is 0. The third-order valence-electron chi connectivity index (χ3n) is 5.01. The van der Waals surface area contributed by atoms with Crippen LogP contribution in [0.3, 0.4) is 0 Å². The molecule has 1 aromatic rings. The van der Waals surface area contributed by atoms with Gasteiger partial charge in [0, 0.05) is 19.1 Å². The maximum atomic E-state index is 13.0. The summed E-state index contributed by atoms with van der Waals surface area (Å²) >= 11 is 0. The second kappa shape index (κ2) is 6.77. The van der Waals surface area contributed by atoms with Crippen LogP contribution < -0.4 is 0 Å². The molecule has 2 atom stereocenters. The summed E-state index contributed by atoms with van der Waals surface area (Å²) in [5, 5.41) is 4.25. The molecule has 122 valence electrons. The molecule has 1 amide bonds. The van der Waals surface area contributed by atoms with Gasteiger partial charge in [-0.05, 0) is 46.1 Å². The molecule has 0 unspecified atom stereocenters. The van der Waals surface area contributed by atoms with Crippen molar-refractivity contribution >= 4 is 5.91 Å². The second-order valence-corrected chi connectivity index (χ2v) is 6.80. The summed E-state index contributed by atoms with van der Waals surface area (Å²) in [4.78, 5) is 21.5. The van der Waals surface area contributed by atoms with Crippen LogP contribution in [0.1, 0.15) is 52.0 Å². The van der Waals surface area contributed by atoms with E-state index in [0.29, 0.717) is 11.9 Å². The number of amides is 1. The fourth-order valence-corrected chi connectivity index (χ4v) is 3.82. The molecule has 0 aromatic carbocycles. The molecule has 22 heavy (non-hydrogen) atoms. The zero-order chi connectivity index (χ0) is 15.5. The molecule has 6 heteroatoms. The lowest BCUT2D eigenvalue weighted by Gasteiger charge is -2.42. The lowest BCUT2D eigenvalue weighted by molar-refractivity contribution is -0.141. The standard InChI is InChI=1S/C16H27N5O/c1-13(2)20-9-4-3-7-15(20)16(22)19-8-5-6-14(10-19)21-12-17-11-18-21/h11-15H,3-10H2,1-2H3/t14-,15-/m1/s1. The largest absolute Gasteiger partial charge is 0.339 e. The number of hydrogen-bond acceptors (Lipinski definition) is 4. The number of rotatable bonds is 3. The third-order valence-corrected chi connectivity index (χ3v) is 5.01. The van der Waals surface area contributed by atoms with Crippen LogP contribution in [0.2, 0.25) is 0 Å². The Kier molecular flexibility index (Phi) is 4.76. The van der Waals surface area contributed by atoms with E-state index in [9.17, 15) is 4.79 Å². The van der Waals surface area contributed by atoms with Crippen molar-refractivity contribution in [2.45, 2.75) is 64.1 Å². The Morgan fingerprint density at radius 2 is 2.05 bits per heavy atom. The average molecular weight is 305 g/mol. The topological polar surface area (TPSA) is 54.3 Å². The van der Waals surface area contributed by atoms with Crippen LogP contribution in [-0.2, 0) is 4.79 Å². The molecule has 3 heterocycles. The van der Waals surface area contributed by atoms with E-state index in [4.69, 9.17) is 0 Å². The molecular formula is C16H27N5O. The summed E-state index contributed by atoms with van der Waals surface area (Å²) in [5.74, 6) is 0.318. The Hall–Kier alpha value is -1.43. The molecule has 0 bridgehead atoms. The van der Waals surface area contributed by atoms with E-state index in [1.807, 2.05) is 4.68 Å². The van der Waals surface area contributed by atoms with Crippen molar-refractivity contribution in [3.05, 3.63) is 12.7 Å². The van der Waals surface area contributed by atoms with Gasteiger partial charge < -0.3 is 4.90 Å². The minimum Gasteiger partial charge on any atom is -0.339 e. The molecule has 0 aliphatic carbocycles. The Morgan fingerprint density at radius 1 is 1.18 bits per heavy atom. The van der Waals surface area contributed by atoms with E-state index < -0.39 is 0 Å². The van der Waals surface area contributed by atoms with Crippen LogP contribution in [0.5, 0.6) is 0 Å². The van der Waals surface area contributed by atoms with Crippen molar-refractivity contribution in [1.29, 1.82) is 0 Å². The summed E-state index contributed by atoms with van der Waals surface area (Å²) in [5.41, 5.74) is 0. The number of nitrogens with zero attached hydrogens (tertiary/aromatic N) is 5. The minimum atomic E-state index is 0.0725. The van der Waals surface area contributed by atoms with Gasteiger partial charge in [0.1, 0.15) is 12.7 Å². The van der Waals surface area contributed by atoms with E-state index >= 15 is 0 Å². The minimum absolute atomic E-state index is 0.0725. The van der Waals surface area contributed by atoms with Crippen LogP contribution in [0.4, 0.5) is 0 Å². The van der Waals surface area contributed by atoms with Crippen LogP contribution >= 0.6 is 0 Å². The second-order valence-electron chi connectivity index (χ2n) is 6.80. The first kappa shape index (κ1) is 15.5. The molecule has 0 N–H and O–H groups in total. The molecule has 0 radical (unpaired) electrons. The fraction of sp³-hybridized carbons (Fsp3) is 0.812. The van der Waals surface area contributed by atoms with Gasteiger partial charge in [-0.15, -0.1) is 0 Å². The van der Waals surface area contributed by atoms with Gasteiger partial charge in [0.25, 0.3) is 0 Å². The molecule has 3 rings (SSSR count). The van der Waals surface area contributed by atoms with Crippen LogP contribution in [0.15, 0.2) is 12.7 Å². The first-order valence-electron chi connectivity index (χ1n) is 8.55. The molecule has 6 nitrogen and oxygen atoms in total. The Bertz CT molecular complexity index is 487. The highest BCUT2D eigenvalue weighted by molar-refractivity contribution is 5.82. The highest BCUT2D eigenvalue weighted by Gasteiger charge is 2.35. The quantitative estimate of drug-likeness (QED) is 0.853. The monoisotopic (exact) mass is 305 g/mol. The van der Waals surface area contributed by atoms with Gasteiger partial charge in [0.05, 0.1) is 12.1 Å². The zero-order valence-corrected chi connectivity index (χ0v) is 13.7. The van der Waals surface area contributed by atoms with Gasteiger partial charge in [0.2, 0.25) is 5.91 Å². The van der Waals surface area contributed by atoms with Crippen molar-refractivity contribution < 1.29 is 4.79 Å². The molecule has 1 aromatic heterocycles. The normalized spacial score (nSPS) is 27.3. The van der Waals surface area contributed by atoms with Crippen molar-refractivity contribution in [3.8, 4) is 0 Å².